The molecule has 0 bridgehead atoms. The van der Waals surface area contributed by atoms with Gasteiger partial charge in [0.05, 0.1) is 11.0 Å². The average molecular weight is 452 g/mol. The molecule has 0 aromatic heterocycles. The number of thioether (sulfide) groups is 1. The van der Waals surface area contributed by atoms with Crippen LogP contribution in [0.5, 0.6) is 0 Å². The molecule has 0 radical (unpaired) electrons. The van der Waals surface area contributed by atoms with E-state index in [-0.39, 0.29) is 23.2 Å². The minimum absolute atomic E-state index is 0.142. The molecule has 3 rings (SSSR count). The summed E-state index contributed by atoms with van der Waals surface area (Å²) in [5.74, 6) is -0.137. The van der Waals surface area contributed by atoms with Crippen molar-refractivity contribution in [1.29, 1.82) is 0 Å². The maximum atomic E-state index is 13.1. The Balaban J connectivity index is 1.76. The van der Waals surface area contributed by atoms with Gasteiger partial charge < -0.3 is 10.6 Å². The van der Waals surface area contributed by atoms with Crippen molar-refractivity contribution < 1.29 is 14.5 Å². The predicted octanol–water partition coefficient (Wildman–Crippen LogP) is 4.48. The highest BCUT2D eigenvalue weighted by atomic mass is 32.2. The lowest BCUT2D eigenvalue weighted by atomic mass is 9.99. The summed E-state index contributed by atoms with van der Waals surface area (Å²) in [6.45, 7) is 1.91. The fourth-order valence-electron chi connectivity index (χ4n) is 3.53. The Kier molecular flexibility index (Phi) is 7.83. The van der Waals surface area contributed by atoms with Gasteiger partial charge in [-0.1, -0.05) is 48.5 Å². The van der Waals surface area contributed by atoms with Crippen LogP contribution < -0.4 is 10.6 Å². The summed E-state index contributed by atoms with van der Waals surface area (Å²) in [5.41, 5.74) is 0.959. The van der Waals surface area contributed by atoms with Gasteiger partial charge in [0.2, 0.25) is 5.91 Å². The zero-order valence-electron chi connectivity index (χ0n) is 17.9. The van der Waals surface area contributed by atoms with Crippen LogP contribution in [-0.4, -0.2) is 34.8 Å². The molecule has 0 aliphatic carbocycles. The first-order valence-corrected chi connectivity index (χ1v) is 11.6. The number of hydrogen-bond acceptors (Lipinski definition) is 5. The number of amides is 2. The Bertz CT molecular complexity index is 1130. The van der Waals surface area contributed by atoms with E-state index in [1.807, 2.05) is 55.6 Å². The van der Waals surface area contributed by atoms with Crippen LogP contribution in [0.3, 0.4) is 0 Å². The number of nitro benzene ring substituents is 1. The molecule has 3 aromatic rings. The zero-order valence-corrected chi connectivity index (χ0v) is 18.7. The number of nitrogens with zero attached hydrogens (tertiary/aromatic N) is 1. The highest BCUT2D eigenvalue weighted by Gasteiger charge is 2.24. The van der Waals surface area contributed by atoms with Crippen molar-refractivity contribution in [2.45, 2.75) is 25.4 Å². The van der Waals surface area contributed by atoms with Gasteiger partial charge >= 0.3 is 0 Å². The molecule has 2 N–H and O–H groups in total. The molecule has 0 saturated carbocycles. The molecule has 8 heteroatoms. The first kappa shape index (κ1) is 23.3. The molecule has 2 amide bonds. The lowest BCUT2D eigenvalue weighted by Crippen LogP contribution is -2.47. The Labute approximate surface area is 190 Å². The number of rotatable bonds is 9. The van der Waals surface area contributed by atoms with Gasteiger partial charge in [0.1, 0.15) is 6.04 Å². The number of hydrogen-bond donors (Lipinski definition) is 2. The molecule has 32 heavy (non-hydrogen) atoms. The van der Waals surface area contributed by atoms with Crippen LogP contribution in [0.15, 0.2) is 66.7 Å². The number of carbonyl (C=O) groups excluding carboxylic acids is 2. The van der Waals surface area contributed by atoms with Gasteiger partial charge in [-0.15, -0.1) is 0 Å². The van der Waals surface area contributed by atoms with Gasteiger partial charge in [0.15, 0.2) is 0 Å². The second-order valence-electron chi connectivity index (χ2n) is 7.41. The lowest BCUT2D eigenvalue weighted by molar-refractivity contribution is -0.384. The largest absolute Gasteiger partial charge is 0.348 e. The molecule has 0 spiro atoms. The van der Waals surface area contributed by atoms with Gasteiger partial charge in [0.25, 0.3) is 11.6 Å². The Morgan fingerprint density at radius 3 is 2.50 bits per heavy atom. The number of non-ortho nitro benzene ring substituents is 1. The van der Waals surface area contributed by atoms with Crippen molar-refractivity contribution >= 4 is 40.0 Å². The summed E-state index contributed by atoms with van der Waals surface area (Å²) in [7, 11) is 0. The first-order chi connectivity index (χ1) is 15.4. The third-order valence-corrected chi connectivity index (χ3v) is 5.84. The third kappa shape index (κ3) is 5.64. The van der Waals surface area contributed by atoms with Gasteiger partial charge in [-0.05, 0) is 47.8 Å². The minimum Gasteiger partial charge on any atom is -0.348 e. The number of nitrogens with one attached hydrogen (secondary N) is 2. The normalized spacial score (nSPS) is 12.7. The Morgan fingerprint density at radius 1 is 1.03 bits per heavy atom. The van der Waals surface area contributed by atoms with E-state index in [0.29, 0.717) is 12.2 Å². The van der Waals surface area contributed by atoms with E-state index in [0.717, 1.165) is 16.3 Å². The van der Waals surface area contributed by atoms with Crippen molar-refractivity contribution in [2.24, 2.45) is 0 Å². The molecule has 0 heterocycles. The smallest absolute Gasteiger partial charge is 0.270 e. The van der Waals surface area contributed by atoms with Crippen LogP contribution in [0.1, 0.15) is 35.3 Å². The summed E-state index contributed by atoms with van der Waals surface area (Å²) in [6, 6.07) is 18.4. The maximum absolute atomic E-state index is 13.1. The van der Waals surface area contributed by atoms with Crippen LogP contribution in [0.2, 0.25) is 0 Å². The highest BCUT2D eigenvalue weighted by Crippen LogP contribution is 2.24. The Morgan fingerprint density at radius 2 is 1.75 bits per heavy atom. The fourth-order valence-corrected chi connectivity index (χ4v) is 4.00. The molecule has 3 aromatic carbocycles. The first-order valence-electron chi connectivity index (χ1n) is 10.2. The number of carbonyl (C=O) groups is 2. The molecular formula is C24H25N3O4S. The topological polar surface area (TPSA) is 101 Å². The average Bonchev–Trinajstić information content (AvgIpc) is 2.81. The van der Waals surface area contributed by atoms with E-state index < -0.39 is 16.9 Å². The van der Waals surface area contributed by atoms with E-state index in [4.69, 9.17) is 0 Å². The van der Waals surface area contributed by atoms with Crippen molar-refractivity contribution in [3.05, 3.63) is 88.0 Å². The molecule has 0 aliphatic heterocycles. The summed E-state index contributed by atoms with van der Waals surface area (Å²) in [4.78, 5) is 36.2. The Hall–Kier alpha value is -3.39. The van der Waals surface area contributed by atoms with E-state index in [2.05, 4.69) is 10.6 Å². The number of fused-ring (bicyclic) bond motifs is 1. The summed E-state index contributed by atoms with van der Waals surface area (Å²) >= 11 is 1.57. The van der Waals surface area contributed by atoms with Crippen LogP contribution in [-0.2, 0) is 4.79 Å². The zero-order chi connectivity index (χ0) is 23.1. The maximum Gasteiger partial charge on any atom is 0.270 e. The molecule has 2 unspecified atom stereocenters. The molecule has 0 aliphatic rings. The van der Waals surface area contributed by atoms with Gasteiger partial charge in [0, 0.05) is 17.7 Å². The van der Waals surface area contributed by atoms with E-state index in [1.165, 1.54) is 24.3 Å². The van der Waals surface area contributed by atoms with Crippen LogP contribution in [0, 0.1) is 10.1 Å². The van der Waals surface area contributed by atoms with Gasteiger partial charge in [-0.2, -0.15) is 11.8 Å². The molecule has 7 nitrogen and oxygen atoms in total. The third-order valence-electron chi connectivity index (χ3n) is 5.20. The SMILES string of the molecule is CSCCC(NC(=O)c1cccc([N+](=O)[O-])c1)C(=O)NC(C)c1cccc2ccccc12. The second-order valence-corrected chi connectivity index (χ2v) is 8.40. The highest BCUT2D eigenvalue weighted by molar-refractivity contribution is 7.98. The quantitative estimate of drug-likeness (QED) is 0.369. The van der Waals surface area contributed by atoms with Crippen LogP contribution in [0.4, 0.5) is 5.69 Å². The number of nitro groups is 1. The van der Waals surface area contributed by atoms with Crippen LogP contribution in [0.25, 0.3) is 10.8 Å². The van der Waals surface area contributed by atoms with Crippen molar-refractivity contribution in [3.8, 4) is 0 Å². The molecule has 166 valence electrons. The van der Waals surface area contributed by atoms with E-state index in [9.17, 15) is 19.7 Å². The summed E-state index contributed by atoms with van der Waals surface area (Å²) < 4.78 is 0. The van der Waals surface area contributed by atoms with Gasteiger partial charge in [-0.3, -0.25) is 19.7 Å². The van der Waals surface area contributed by atoms with Crippen molar-refractivity contribution in [1.82, 2.24) is 10.6 Å². The summed E-state index contributed by atoms with van der Waals surface area (Å²) in [6.07, 6.45) is 2.37. The van der Waals surface area contributed by atoms with Gasteiger partial charge in [-0.25, -0.2) is 0 Å². The predicted molar refractivity (Wildman–Crippen MR) is 128 cm³/mol. The lowest BCUT2D eigenvalue weighted by Gasteiger charge is -2.22. The number of benzene rings is 3. The standard InChI is InChI=1S/C24H25N3O4S/c1-16(20-12-6-8-17-7-3-4-11-21(17)20)25-24(29)22(13-14-32-2)26-23(28)18-9-5-10-19(15-18)27(30)31/h3-12,15-16,22H,13-14H2,1-2H3,(H,25,29)(H,26,28). The molecule has 0 fully saturated rings. The fraction of sp³-hybridized carbons (Fsp3) is 0.250. The van der Waals surface area contributed by atoms with Crippen molar-refractivity contribution in [2.75, 3.05) is 12.0 Å². The molecule has 0 saturated heterocycles. The second kappa shape index (κ2) is 10.8. The van der Waals surface area contributed by atoms with Crippen LogP contribution >= 0.6 is 11.8 Å². The summed E-state index contributed by atoms with van der Waals surface area (Å²) in [5, 5.41) is 18.9. The minimum atomic E-state index is -0.758. The monoisotopic (exact) mass is 451 g/mol. The van der Waals surface area contributed by atoms with E-state index >= 15 is 0 Å². The van der Waals surface area contributed by atoms with Crippen molar-refractivity contribution in [3.63, 3.8) is 0 Å². The molecular weight excluding hydrogens is 426 g/mol. The van der Waals surface area contributed by atoms with E-state index in [1.54, 1.807) is 11.8 Å². The molecule has 2 atom stereocenters.